The molecule has 4 rings (SSSR count). The van der Waals surface area contributed by atoms with Crippen LogP contribution in [-0.4, -0.2) is 33.3 Å². The standard InChI is InChI=1S/C13H17N5/c1-2-4-10-7-18(6-9(10)3-1)13-11-5-16-17-12(11)14-8-15-13/h5,8-10H,1-4,6-7H2,(H,14,15,16,17)/t9-,10-/m0/s1. The van der Waals surface area contributed by atoms with E-state index in [1.807, 2.05) is 6.20 Å². The summed E-state index contributed by atoms with van der Waals surface area (Å²) < 4.78 is 0. The van der Waals surface area contributed by atoms with Gasteiger partial charge in [-0.2, -0.15) is 5.10 Å². The summed E-state index contributed by atoms with van der Waals surface area (Å²) in [4.78, 5) is 11.1. The highest BCUT2D eigenvalue weighted by Gasteiger charge is 2.35. The average molecular weight is 243 g/mol. The third-order valence-electron chi connectivity index (χ3n) is 4.50. The van der Waals surface area contributed by atoms with Crippen LogP contribution in [0.1, 0.15) is 25.7 Å². The molecular weight excluding hydrogens is 226 g/mol. The summed E-state index contributed by atoms with van der Waals surface area (Å²) in [5.74, 6) is 2.80. The van der Waals surface area contributed by atoms with Crippen LogP contribution in [0.2, 0.25) is 0 Å². The second kappa shape index (κ2) is 3.93. The van der Waals surface area contributed by atoms with Gasteiger partial charge in [-0.1, -0.05) is 12.8 Å². The van der Waals surface area contributed by atoms with E-state index < -0.39 is 0 Å². The van der Waals surface area contributed by atoms with E-state index in [-0.39, 0.29) is 0 Å². The van der Waals surface area contributed by atoms with Crippen LogP contribution < -0.4 is 4.90 Å². The minimum atomic E-state index is 0.842. The first-order valence-electron chi connectivity index (χ1n) is 6.81. The summed E-state index contributed by atoms with van der Waals surface area (Å²) in [7, 11) is 0. The van der Waals surface area contributed by atoms with Crippen LogP contribution in [0, 0.1) is 11.8 Å². The van der Waals surface area contributed by atoms with Crippen molar-refractivity contribution in [2.75, 3.05) is 18.0 Å². The van der Waals surface area contributed by atoms with Crippen molar-refractivity contribution in [2.24, 2.45) is 11.8 Å². The van der Waals surface area contributed by atoms with Gasteiger partial charge < -0.3 is 4.90 Å². The minimum absolute atomic E-state index is 0.842. The van der Waals surface area contributed by atoms with Gasteiger partial charge in [0.25, 0.3) is 0 Å². The second-order valence-electron chi connectivity index (χ2n) is 5.54. The van der Waals surface area contributed by atoms with Crippen molar-refractivity contribution in [3.63, 3.8) is 0 Å². The Balaban J connectivity index is 1.69. The first kappa shape index (κ1) is 10.3. The Bertz CT molecular complexity index is 549. The molecule has 2 aromatic rings. The molecule has 0 bridgehead atoms. The third-order valence-corrected chi connectivity index (χ3v) is 4.50. The predicted molar refractivity (Wildman–Crippen MR) is 69.3 cm³/mol. The zero-order valence-electron chi connectivity index (χ0n) is 10.3. The van der Waals surface area contributed by atoms with Crippen molar-refractivity contribution in [1.29, 1.82) is 0 Å². The molecule has 1 aliphatic heterocycles. The first-order valence-corrected chi connectivity index (χ1v) is 6.81. The van der Waals surface area contributed by atoms with E-state index in [4.69, 9.17) is 0 Å². The van der Waals surface area contributed by atoms with Gasteiger partial charge in [0, 0.05) is 13.1 Å². The van der Waals surface area contributed by atoms with Crippen LogP contribution in [0.5, 0.6) is 0 Å². The molecular formula is C13H17N5. The summed E-state index contributed by atoms with van der Waals surface area (Å²) in [5.41, 5.74) is 0.842. The number of fused-ring (bicyclic) bond motifs is 2. The molecule has 0 amide bonds. The number of H-pyrrole nitrogens is 1. The fraction of sp³-hybridized carbons (Fsp3) is 0.615. The van der Waals surface area contributed by atoms with Crippen molar-refractivity contribution in [2.45, 2.75) is 25.7 Å². The van der Waals surface area contributed by atoms with E-state index in [0.717, 1.165) is 41.8 Å². The van der Waals surface area contributed by atoms with Gasteiger partial charge in [0.1, 0.15) is 12.1 Å². The Hall–Kier alpha value is -1.65. The van der Waals surface area contributed by atoms with Crippen molar-refractivity contribution in [3.05, 3.63) is 12.5 Å². The molecule has 3 heterocycles. The molecule has 18 heavy (non-hydrogen) atoms. The summed E-state index contributed by atoms with van der Waals surface area (Å²) >= 11 is 0. The lowest BCUT2D eigenvalue weighted by molar-refractivity contribution is 0.299. The highest BCUT2D eigenvalue weighted by Crippen LogP contribution is 2.38. The van der Waals surface area contributed by atoms with Gasteiger partial charge in [-0.25, -0.2) is 9.97 Å². The van der Waals surface area contributed by atoms with Crippen molar-refractivity contribution in [3.8, 4) is 0 Å². The number of hydrogen-bond acceptors (Lipinski definition) is 4. The highest BCUT2D eigenvalue weighted by molar-refractivity contribution is 5.86. The monoisotopic (exact) mass is 243 g/mol. The third kappa shape index (κ3) is 1.50. The number of rotatable bonds is 1. The van der Waals surface area contributed by atoms with Crippen LogP contribution in [-0.2, 0) is 0 Å². The summed E-state index contributed by atoms with van der Waals surface area (Å²) in [6.45, 7) is 2.31. The molecule has 1 saturated heterocycles. The zero-order chi connectivity index (χ0) is 11.9. The van der Waals surface area contributed by atoms with E-state index in [9.17, 15) is 0 Å². The number of nitrogens with one attached hydrogen (secondary N) is 1. The van der Waals surface area contributed by atoms with Crippen LogP contribution in [0.4, 0.5) is 5.82 Å². The quantitative estimate of drug-likeness (QED) is 0.832. The molecule has 2 aliphatic rings. The first-order chi connectivity index (χ1) is 8.92. The van der Waals surface area contributed by atoms with Gasteiger partial charge in [0.15, 0.2) is 5.65 Å². The van der Waals surface area contributed by atoms with Gasteiger partial charge in [0.2, 0.25) is 0 Å². The highest BCUT2D eigenvalue weighted by atomic mass is 15.2. The topological polar surface area (TPSA) is 57.7 Å². The number of aromatic amines is 1. The maximum Gasteiger partial charge on any atom is 0.160 e. The molecule has 0 spiro atoms. The van der Waals surface area contributed by atoms with Gasteiger partial charge in [-0.3, -0.25) is 5.10 Å². The minimum Gasteiger partial charge on any atom is -0.355 e. The maximum absolute atomic E-state index is 4.47. The summed E-state index contributed by atoms with van der Waals surface area (Å²) in [6.07, 6.45) is 9.06. The molecule has 2 fully saturated rings. The lowest BCUT2D eigenvalue weighted by Gasteiger charge is -2.22. The molecule has 1 aliphatic carbocycles. The molecule has 0 radical (unpaired) electrons. The predicted octanol–water partition coefficient (Wildman–Crippen LogP) is 1.98. The molecule has 0 unspecified atom stereocenters. The van der Waals surface area contributed by atoms with Gasteiger partial charge in [-0.15, -0.1) is 0 Å². The van der Waals surface area contributed by atoms with E-state index in [1.54, 1.807) is 6.33 Å². The van der Waals surface area contributed by atoms with Crippen LogP contribution in [0.25, 0.3) is 11.0 Å². The lowest BCUT2D eigenvalue weighted by atomic mass is 9.82. The fourth-order valence-corrected chi connectivity index (χ4v) is 3.58. The van der Waals surface area contributed by atoms with E-state index in [2.05, 4.69) is 25.1 Å². The van der Waals surface area contributed by atoms with Crippen LogP contribution >= 0.6 is 0 Å². The number of aromatic nitrogens is 4. The molecule has 5 nitrogen and oxygen atoms in total. The van der Waals surface area contributed by atoms with Gasteiger partial charge in [-0.05, 0) is 24.7 Å². The van der Waals surface area contributed by atoms with E-state index in [0.29, 0.717) is 0 Å². The Kier molecular flexibility index (Phi) is 2.25. The largest absolute Gasteiger partial charge is 0.355 e. The molecule has 2 aromatic heterocycles. The molecule has 94 valence electrons. The van der Waals surface area contributed by atoms with Gasteiger partial charge >= 0.3 is 0 Å². The Labute approximate surface area is 106 Å². The van der Waals surface area contributed by atoms with E-state index >= 15 is 0 Å². The van der Waals surface area contributed by atoms with Crippen LogP contribution in [0.3, 0.4) is 0 Å². The van der Waals surface area contributed by atoms with Crippen LogP contribution in [0.15, 0.2) is 12.5 Å². The maximum atomic E-state index is 4.47. The van der Waals surface area contributed by atoms with Crippen molar-refractivity contribution in [1.82, 2.24) is 20.2 Å². The number of nitrogens with zero attached hydrogens (tertiary/aromatic N) is 4. The lowest BCUT2D eigenvalue weighted by Crippen LogP contribution is -2.21. The molecule has 0 aromatic carbocycles. The summed E-state index contributed by atoms with van der Waals surface area (Å²) in [5, 5.41) is 8.04. The van der Waals surface area contributed by atoms with E-state index in [1.165, 1.54) is 25.7 Å². The zero-order valence-corrected chi connectivity index (χ0v) is 10.3. The van der Waals surface area contributed by atoms with Gasteiger partial charge in [0.05, 0.1) is 11.6 Å². The molecule has 1 saturated carbocycles. The smallest absolute Gasteiger partial charge is 0.160 e. The second-order valence-corrected chi connectivity index (χ2v) is 5.54. The average Bonchev–Trinajstić information content (AvgIpc) is 3.04. The van der Waals surface area contributed by atoms with Crippen molar-refractivity contribution < 1.29 is 0 Å². The molecule has 5 heteroatoms. The van der Waals surface area contributed by atoms with Crippen molar-refractivity contribution >= 4 is 16.9 Å². The SMILES string of the molecule is c1nc(N2C[C@@H]3CCCC[C@H]3C2)c2cn[nH]c2n1. The summed E-state index contributed by atoms with van der Waals surface area (Å²) in [6, 6.07) is 0. The Morgan fingerprint density at radius 2 is 1.89 bits per heavy atom. The molecule has 1 N–H and O–H groups in total. The number of hydrogen-bond donors (Lipinski definition) is 1. The Morgan fingerprint density at radius 1 is 1.11 bits per heavy atom. The number of anilines is 1. The fourth-order valence-electron chi connectivity index (χ4n) is 3.58. The molecule has 2 atom stereocenters. The normalized spacial score (nSPS) is 27.7. The Morgan fingerprint density at radius 3 is 2.67 bits per heavy atom.